The van der Waals surface area contributed by atoms with Crippen molar-refractivity contribution in [2.45, 2.75) is 31.9 Å². The first kappa shape index (κ1) is 22.7. The van der Waals surface area contributed by atoms with Crippen LogP contribution in [0, 0.1) is 28.9 Å². The highest BCUT2D eigenvalue weighted by Gasteiger charge is 2.28. The smallest absolute Gasteiger partial charge is 0.179 e. The zero-order valence-corrected chi connectivity index (χ0v) is 18.7. The van der Waals surface area contributed by atoms with E-state index >= 15 is 0 Å². The van der Waals surface area contributed by atoms with Gasteiger partial charge >= 0.3 is 0 Å². The van der Waals surface area contributed by atoms with E-state index in [1.165, 1.54) is 18.2 Å². The number of aromatic nitrogens is 3. The van der Waals surface area contributed by atoms with Gasteiger partial charge in [-0.3, -0.25) is 0 Å². The molecule has 0 spiro atoms. The molecule has 0 radical (unpaired) electrons. The molecule has 8 nitrogen and oxygen atoms in total. The highest BCUT2D eigenvalue weighted by atomic mass is 19.1. The molecule has 0 saturated carbocycles. The molecule has 3 aromatic rings. The van der Waals surface area contributed by atoms with Gasteiger partial charge < -0.3 is 20.3 Å². The molecule has 35 heavy (non-hydrogen) atoms. The van der Waals surface area contributed by atoms with Gasteiger partial charge in [-0.1, -0.05) is 0 Å². The van der Waals surface area contributed by atoms with Gasteiger partial charge in [-0.2, -0.15) is 5.26 Å². The number of nitrogen functional groups attached to an aromatic ring is 1. The van der Waals surface area contributed by atoms with Crippen molar-refractivity contribution in [3.05, 3.63) is 59.2 Å². The van der Waals surface area contributed by atoms with E-state index in [2.05, 4.69) is 11.2 Å². The fraction of sp³-hybridized carbons (Fsp3) is 0.333. The second-order valence-corrected chi connectivity index (χ2v) is 8.50. The largest absolute Gasteiger partial charge is 0.487 e. The van der Waals surface area contributed by atoms with E-state index in [-0.39, 0.29) is 17.7 Å². The van der Waals surface area contributed by atoms with Crippen LogP contribution in [0.15, 0.2) is 30.3 Å². The van der Waals surface area contributed by atoms with E-state index < -0.39 is 17.5 Å². The van der Waals surface area contributed by atoms with E-state index in [0.717, 1.165) is 17.8 Å². The van der Waals surface area contributed by atoms with Crippen molar-refractivity contribution in [1.82, 2.24) is 19.9 Å². The number of fused-ring (bicyclic) bond motifs is 1. The summed E-state index contributed by atoms with van der Waals surface area (Å²) >= 11 is 0. The fourth-order valence-corrected chi connectivity index (χ4v) is 4.33. The van der Waals surface area contributed by atoms with Crippen LogP contribution in [0.2, 0.25) is 0 Å². The molecule has 2 aromatic heterocycles. The highest BCUT2D eigenvalue weighted by Crippen LogP contribution is 2.33. The number of halogens is 3. The summed E-state index contributed by atoms with van der Waals surface area (Å²) in [4.78, 5) is 17.5. The number of benzene rings is 1. The van der Waals surface area contributed by atoms with Gasteiger partial charge in [0, 0.05) is 45.0 Å². The summed E-state index contributed by atoms with van der Waals surface area (Å²) in [6.07, 6.45) is 3.63. The summed E-state index contributed by atoms with van der Waals surface area (Å²) in [7, 11) is 0. The van der Waals surface area contributed by atoms with Crippen molar-refractivity contribution in [2.24, 2.45) is 0 Å². The number of anilines is 2. The van der Waals surface area contributed by atoms with Gasteiger partial charge in [0.1, 0.15) is 17.6 Å². The monoisotopic (exact) mass is 481 g/mol. The van der Waals surface area contributed by atoms with Crippen molar-refractivity contribution in [3.8, 4) is 23.3 Å². The molecular weight excluding hydrogens is 459 g/mol. The molecule has 0 bridgehead atoms. The molecule has 1 fully saturated rings. The third kappa shape index (κ3) is 4.64. The molecule has 0 aliphatic carbocycles. The quantitative estimate of drug-likeness (QED) is 0.566. The van der Waals surface area contributed by atoms with Crippen LogP contribution in [0.25, 0.3) is 11.4 Å². The Morgan fingerprint density at radius 3 is 2.49 bits per heavy atom. The molecule has 2 N–H and O–H groups in total. The third-order valence-electron chi connectivity index (χ3n) is 6.18. The lowest BCUT2D eigenvalue weighted by molar-refractivity contribution is 0.163. The molecule has 180 valence electrons. The molecule has 1 aromatic carbocycles. The molecular formula is C24H22F3N7O. The Morgan fingerprint density at radius 1 is 0.971 bits per heavy atom. The molecule has 5 rings (SSSR count). The number of hydrogen-bond acceptors (Lipinski definition) is 8. The van der Waals surface area contributed by atoms with Crippen LogP contribution in [0.5, 0.6) is 5.75 Å². The lowest BCUT2D eigenvalue weighted by atomic mass is 10.1. The topological polar surface area (TPSA) is 104 Å². The van der Waals surface area contributed by atoms with Crippen molar-refractivity contribution in [1.29, 1.82) is 5.26 Å². The van der Waals surface area contributed by atoms with Crippen LogP contribution in [-0.2, 0) is 13.0 Å². The number of nitriles is 1. The minimum Gasteiger partial charge on any atom is -0.487 e. The summed E-state index contributed by atoms with van der Waals surface area (Å²) in [5.41, 5.74) is 8.03. The number of rotatable bonds is 4. The van der Waals surface area contributed by atoms with Gasteiger partial charge in [-0.05, 0) is 24.3 Å². The van der Waals surface area contributed by atoms with Crippen molar-refractivity contribution >= 4 is 11.6 Å². The van der Waals surface area contributed by atoms with Crippen molar-refractivity contribution < 1.29 is 17.9 Å². The average Bonchev–Trinajstić information content (AvgIpc) is 2.86. The molecule has 1 saturated heterocycles. The standard InChI is InChI=1S/C24H22F3N7O/c25-14-1-4-21(17(27)11-14)35-15-5-9-34(10-6-15)24-22(19-3-2-16(26)23(29)31-19)30-20-12-33(13-28)8-7-18(20)32-24/h1-4,11,15H,5-10,12H2,(H2,29,31). The van der Waals surface area contributed by atoms with Gasteiger partial charge in [0.15, 0.2) is 35.2 Å². The molecule has 2 aliphatic rings. The molecule has 11 heteroatoms. The molecule has 0 amide bonds. The van der Waals surface area contributed by atoms with E-state index in [1.54, 1.807) is 4.90 Å². The Kier molecular flexibility index (Phi) is 6.03. The molecule has 0 unspecified atom stereocenters. The maximum Gasteiger partial charge on any atom is 0.179 e. The Morgan fingerprint density at radius 2 is 1.77 bits per heavy atom. The first-order valence-corrected chi connectivity index (χ1v) is 11.2. The Labute approximate surface area is 199 Å². The minimum atomic E-state index is -0.735. The van der Waals surface area contributed by atoms with Gasteiger partial charge in [0.2, 0.25) is 0 Å². The zero-order chi connectivity index (χ0) is 24.5. The zero-order valence-electron chi connectivity index (χ0n) is 18.7. The van der Waals surface area contributed by atoms with E-state index in [4.69, 9.17) is 20.4 Å². The maximum atomic E-state index is 14.0. The number of nitrogens with zero attached hydrogens (tertiary/aromatic N) is 6. The summed E-state index contributed by atoms with van der Waals surface area (Å²) in [6.45, 7) is 1.99. The van der Waals surface area contributed by atoms with Gasteiger partial charge in [0.05, 0.1) is 23.6 Å². The number of ether oxygens (including phenoxy) is 1. The highest BCUT2D eigenvalue weighted by molar-refractivity contribution is 5.71. The summed E-state index contributed by atoms with van der Waals surface area (Å²) < 4.78 is 46.7. The summed E-state index contributed by atoms with van der Waals surface area (Å²) in [5, 5.41) is 9.28. The number of piperidine rings is 1. The summed E-state index contributed by atoms with van der Waals surface area (Å²) in [6, 6.07) is 6.00. The second-order valence-electron chi connectivity index (χ2n) is 8.50. The molecule has 2 aliphatic heterocycles. The Bertz CT molecular complexity index is 1310. The van der Waals surface area contributed by atoms with E-state index in [0.29, 0.717) is 68.3 Å². The lowest BCUT2D eigenvalue weighted by Crippen LogP contribution is -2.39. The number of pyridine rings is 1. The van der Waals surface area contributed by atoms with Gasteiger partial charge in [-0.25, -0.2) is 28.1 Å². The number of hydrogen-bond donors (Lipinski definition) is 1. The molecule has 4 heterocycles. The van der Waals surface area contributed by atoms with Crippen molar-refractivity contribution in [2.75, 3.05) is 30.3 Å². The first-order chi connectivity index (χ1) is 16.9. The van der Waals surface area contributed by atoms with Crippen LogP contribution in [0.3, 0.4) is 0 Å². The van der Waals surface area contributed by atoms with Crippen LogP contribution >= 0.6 is 0 Å². The van der Waals surface area contributed by atoms with Crippen LogP contribution < -0.4 is 15.4 Å². The minimum absolute atomic E-state index is 0.0205. The Hall–Kier alpha value is -4.07. The average molecular weight is 481 g/mol. The van der Waals surface area contributed by atoms with Crippen LogP contribution in [-0.4, -0.2) is 45.6 Å². The van der Waals surface area contributed by atoms with E-state index in [9.17, 15) is 18.4 Å². The predicted molar refractivity (Wildman–Crippen MR) is 122 cm³/mol. The second kappa shape index (κ2) is 9.29. The predicted octanol–water partition coefficient (Wildman–Crippen LogP) is 3.43. The normalized spacial score (nSPS) is 16.1. The van der Waals surface area contributed by atoms with Gasteiger partial charge in [0.25, 0.3) is 0 Å². The SMILES string of the molecule is N#CN1CCc2nc(N3CCC(Oc4ccc(F)cc4F)CC3)c(-c3ccc(F)c(N)n3)nc2C1. The number of nitrogens with two attached hydrogens (primary N) is 1. The van der Waals surface area contributed by atoms with Gasteiger partial charge in [-0.15, -0.1) is 0 Å². The molecule has 0 atom stereocenters. The first-order valence-electron chi connectivity index (χ1n) is 11.2. The maximum absolute atomic E-state index is 14.0. The lowest BCUT2D eigenvalue weighted by Gasteiger charge is -2.34. The van der Waals surface area contributed by atoms with Crippen molar-refractivity contribution in [3.63, 3.8) is 0 Å². The third-order valence-corrected chi connectivity index (χ3v) is 6.18. The Balaban J connectivity index is 1.42. The fourth-order valence-electron chi connectivity index (χ4n) is 4.33. The van der Waals surface area contributed by atoms with E-state index in [1.807, 2.05) is 4.90 Å². The van der Waals surface area contributed by atoms with Crippen LogP contribution in [0.1, 0.15) is 24.2 Å². The van der Waals surface area contributed by atoms with Crippen LogP contribution in [0.4, 0.5) is 24.8 Å². The summed E-state index contributed by atoms with van der Waals surface area (Å²) in [5.74, 6) is -1.63.